The van der Waals surface area contributed by atoms with Crippen molar-refractivity contribution in [2.75, 3.05) is 6.54 Å². The quantitative estimate of drug-likeness (QED) is 0.386. The van der Waals surface area contributed by atoms with E-state index >= 15 is 0 Å². The average molecular weight is 564 g/mol. The highest BCUT2D eigenvalue weighted by atomic mass is 32.2. The predicted molar refractivity (Wildman–Crippen MR) is 126 cm³/mol. The number of benzene rings is 2. The summed E-state index contributed by atoms with van der Waals surface area (Å²) in [6, 6.07) is 9.51. The molecule has 0 saturated carbocycles. The summed E-state index contributed by atoms with van der Waals surface area (Å²) in [5.41, 5.74) is -5.34. The van der Waals surface area contributed by atoms with Crippen LogP contribution in [0.25, 0.3) is 0 Å². The van der Waals surface area contributed by atoms with Crippen molar-refractivity contribution in [3.63, 3.8) is 0 Å². The fourth-order valence-electron chi connectivity index (χ4n) is 4.03. The van der Waals surface area contributed by atoms with Crippen LogP contribution < -0.4 is 14.9 Å². The van der Waals surface area contributed by atoms with Crippen molar-refractivity contribution in [3.8, 4) is 6.07 Å². The molecule has 3 aromatic rings. The molecule has 0 fully saturated rings. The molecule has 2 amide bonds. The summed E-state index contributed by atoms with van der Waals surface area (Å²) in [5.74, 6) is -1.96. The molecule has 3 N–H and O–H groups in total. The number of hydrogen-bond acceptors (Lipinski definition) is 7. The van der Waals surface area contributed by atoms with E-state index in [1.165, 1.54) is 24.3 Å². The molecule has 1 aliphatic heterocycles. The van der Waals surface area contributed by atoms with Gasteiger partial charge in [0, 0.05) is 24.2 Å². The molecule has 10 nitrogen and oxygen atoms in total. The zero-order chi connectivity index (χ0) is 28.5. The minimum Gasteiger partial charge on any atom is -0.347 e. The van der Waals surface area contributed by atoms with Gasteiger partial charge < -0.3 is 10.6 Å². The van der Waals surface area contributed by atoms with Gasteiger partial charge in [-0.2, -0.15) is 31.2 Å². The number of nitriles is 1. The highest BCUT2D eigenvalue weighted by Gasteiger charge is 2.57. The van der Waals surface area contributed by atoms with Crippen LogP contribution in [0.15, 0.2) is 48.8 Å². The molecule has 0 aliphatic carbocycles. The number of aryl methyl sites for hydroxylation is 1. The number of halogens is 4. The molecule has 0 radical (unpaired) electrons. The number of quaternary nitrogens is 1. The van der Waals surface area contributed by atoms with Gasteiger partial charge in [-0.1, -0.05) is 12.1 Å². The molecule has 39 heavy (non-hydrogen) atoms. The Labute approximate surface area is 219 Å². The van der Waals surface area contributed by atoms with Gasteiger partial charge in [0.2, 0.25) is 0 Å². The van der Waals surface area contributed by atoms with Crippen LogP contribution in [0, 0.1) is 24.1 Å². The lowest BCUT2D eigenvalue weighted by atomic mass is 10.1. The zero-order valence-corrected chi connectivity index (χ0v) is 20.8. The Hall–Kier alpha value is -4.42. The highest BCUT2D eigenvalue weighted by Crippen LogP contribution is 2.30. The summed E-state index contributed by atoms with van der Waals surface area (Å²) in [6.07, 6.45) is 0.944. The molecule has 0 bridgehead atoms. The molecular formula is C24H19F4N6O4S+. The fourth-order valence-corrected chi connectivity index (χ4v) is 5.16. The average Bonchev–Trinajstić information content (AvgIpc) is 3.26. The predicted octanol–water partition coefficient (Wildman–Crippen LogP) is 1.58. The van der Waals surface area contributed by atoms with Crippen molar-refractivity contribution in [1.29, 1.82) is 5.26 Å². The van der Waals surface area contributed by atoms with E-state index in [0.29, 0.717) is 11.1 Å². The number of carbonyl (C=O) groups is 2. The Bertz CT molecular complexity index is 1620. The van der Waals surface area contributed by atoms with Crippen LogP contribution in [0.3, 0.4) is 0 Å². The van der Waals surface area contributed by atoms with Gasteiger partial charge in [0.05, 0.1) is 11.6 Å². The fraction of sp³-hybridized carbons (Fsp3) is 0.208. The van der Waals surface area contributed by atoms with Crippen LogP contribution in [0.4, 0.5) is 23.2 Å². The number of rotatable bonds is 6. The minimum atomic E-state index is -5.74. The number of nitrogens with zero attached hydrogens (tertiary/aromatic N) is 3. The summed E-state index contributed by atoms with van der Waals surface area (Å²) < 4.78 is 76.8. The van der Waals surface area contributed by atoms with Gasteiger partial charge in [-0.15, -0.1) is 0 Å². The number of amides is 2. The van der Waals surface area contributed by atoms with Crippen LogP contribution in [0.1, 0.15) is 49.3 Å². The maximum absolute atomic E-state index is 13.4. The van der Waals surface area contributed by atoms with Gasteiger partial charge in [-0.25, -0.2) is 14.4 Å². The summed E-state index contributed by atoms with van der Waals surface area (Å²) >= 11 is 0. The number of sulfonamides is 1. The Balaban J connectivity index is 1.52. The largest absolute Gasteiger partial charge is 0.549 e. The number of alkyl halides is 3. The van der Waals surface area contributed by atoms with E-state index in [1.54, 1.807) is 19.1 Å². The monoisotopic (exact) mass is 563 g/mol. The SMILES string of the molecule is Cc1cc(CNC(=O)c2cc(C(=O)N[C@@H]3C[NH+](S(=O)(=O)C(F)(F)F)c4cc(C#N)ccc43)ncn2)ccc1F. The Morgan fingerprint density at radius 1 is 1.10 bits per heavy atom. The summed E-state index contributed by atoms with van der Waals surface area (Å²) in [5, 5.41) is 14.1. The van der Waals surface area contributed by atoms with Gasteiger partial charge in [0.1, 0.15) is 36.1 Å². The second-order valence-corrected chi connectivity index (χ2v) is 10.5. The molecule has 0 spiro atoms. The number of hydrogen-bond donors (Lipinski definition) is 3. The van der Waals surface area contributed by atoms with Crippen molar-refractivity contribution < 1.29 is 39.9 Å². The third-order valence-electron chi connectivity index (χ3n) is 5.99. The van der Waals surface area contributed by atoms with E-state index < -0.39 is 50.1 Å². The second-order valence-electron chi connectivity index (χ2n) is 8.57. The summed E-state index contributed by atoms with van der Waals surface area (Å²) in [7, 11) is -5.74. The Kier molecular flexibility index (Phi) is 7.35. The van der Waals surface area contributed by atoms with E-state index in [-0.39, 0.29) is 34.7 Å². The van der Waals surface area contributed by atoms with Crippen molar-refractivity contribution in [2.45, 2.75) is 25.0 Å². The van der Waals surface area contributed by atoms with Crippen LogP contribution in [-0.2, 0) is 16.6 Å². The molecule has 1 unspecified atom stereocenters. The number of fused-ring (bicyclic) bond motifs is 1. The van der Waals surface area contributed by atoms with Crippen molar-refractivity contribution in [2.24, 2.45) is 0 Å². The maximum atomic E-state index is 13.4. The molecule has 0 saturated heterocycles. The molecule has 2 aromatic carbocycles. The van der Waals surface area contributed by atoms with E-state index in [4.69, 9.17) is 5.26 Å². The van der Waals surface area contributed by atoms with Crippen molar-refractivity contribution in [3.05, 3.63) is 88.3 Å². The molecule has 15 heteroatoms. The van der Waals surface area contributed by atoms with Crippen molar-refractivity contribution >= 4 is 27.5 Å². The van der Waals surface area contributed by atoms with Gasteiger partial charge in [-0.05, 0) is 36.2 Å². The lowest BCUT2D eigenvalue weighted by molar-refractivity contribution is -0.689. The smallest absolute Gasteiger partial charge is 0.347 e. The standard InChI is InChI=1S/C24H18F4N6O4S/c1-13-6-15(3-5-17(13)25)10-30-22(35)18-8-19(32-12-31-18)23(36)33-20-11-34(39(37,38)24(26,27)28)21-7-14(9-29)2-4-16(20)21/h2-8,12,20H,10-11H2,1H3,(H,30,35)(H,33,36)/p+1/t20-/m1/s1. The third-order valence-corrected chi connectivity index (χ3v) is 7.63. The Morgan fingerprint density at radius 2 is 1.79 bits per heavy atom. The van der Waals surface area contributed by atoms with E-state index in [1.807, 2.05) is 0 Å². The van der Waals surface area contributed by atoms with Crippen LogP contribution in [0.5, 0.6) is 0 Å². The minimum absolute atomic E-state index is 0.0430. The molecule has 1 aliphatic rings. The number of carbonyl (C=O) groups excluding carboxylic acids is 2. The maximum Gasteiger partial charge on any atom is 0.549 e. The molecular weight excluding hydrogens is 544 g/mol. The molecule has 202 valence electrons. The van der Waals surface area contributed by atoms with Crippen molar-refractivity contribution in [1.82, 2.24) is 20.6 Å². The lowest BCUT2D eigenvalue weighted by Crippen LogP contribution is -3.10. The first kappa shape index (κ1) is 27.6. The molecule has 2 atom stereocenters. The van der Waals surface area contributed by atoms with Gasteiger partial charge in [0.25, 0.3) is 11.8 Å². The molecule has 4 rings (SSSR count). The molecule has 1 aromatic heterocycles. The number of aromatic nitrogens is 2. The Morgan fingerprint density at radius 3 is 2.44 bits per heavy atom. The van der Waals surface area contributed by atoms with Gasteiger partial charge in [-0.3, -0.25) is 9.59 Å². The third kappa shape index (κ3) is 5.56. The zero-order valence-electron chi connectivity index (χ0n) is 20.0. The molecule has 2 heterocycles. The first-order valence-corrected chi connectivity index (χ1v) is 12.7. The van der Waals surface area contributed by atoms with Gasteiger partial charge in [0.15, 0.2) is 5.69 Å². The van der Waals surface area contributed by atoms with Crippen LogP contribution >= 0.6 is 0 Å². The lowest BCUT2D eigenvalue weighted by Gasteiger charge is -2.16. The number of nitrogens with one attached hydrogen (secondary N) is 3. The van der Waals surface area contributed by atoms with E-state index in [0.717, 1.165) is 18.5 Å². The van der Waals surface area contributed by atoms with E-state index in [9.17, 15) is 35.6 Å². The van der Waals surface area contributed by atoms with Crippen LogP contribution in [-0.4, -0.2) is 42.3 Å². The first-order chi connectivity index (χ1) is 18.3. The van der Waals surface area contributed by atoms with E-state index in [2.05, 4.69) is 20.6 Å². The summed E-state index contributed by atoms with van der Waals surface area (Å²) in [6.45, 7) is 0.912. The first-order valence-electron chi connectivity index (χ1n) is 11.2. The highest BCUT2D eigenvalue weighted by molar-refractivity contribution is 7.86. The summed E-state index contributed by atoms with van der Waals surface area (Å²) in [4.78, 5) is 33.1. The normalized spacial score (nSPS) is 16.7. The second kappa shape index (κ2) is 10.4. The van der Waals surface area contributed by atoms with Gasteiger partial charge >= 0.3 is 15.5 Å². The van der Waals surface area contributed by atoms with Crippen LogP contribution in [0.2, 0.25) is 0 Å². The topological polar surface area (TPSA) is 146 Å².